The molecule has 0 radical (unpaired) electrons. The molecule has 0 aliphatic carbocycles. The summed E-state index contributed by atoms with van der Waals surface area (Å²) in [7, 11) is 0. The fourth-order valence-corrected chi connectivity index (χ4v) is 2.03. The lowest BCUT2D eigenvalue weighted by molar-refractivity contribution is 0.555. The van der Waals surface area contributed by atoms with E-state index in [2.05, 4.69) is 15.0 Å². The molecule has 0 unspecified atom stereocenters. The van der Waals surface area contributed by atoms with Crippen LogP contribution in [0, 0.1) is 0 Å². The minimum atomic E-state index is -0.453. The van der Waals surface area contributed by atoms with E-state index in [4.69, 9.17) is 9.95 Å². The standard InChI is InChI=1S/C9H8N4O2S/c10-13-11-3-4-16-6-1-2-7-8(5-6)15-9(14)12-7/h1-2,5H,3-4H2,(H,12,14). The van der Waals surface area contributed by atoms with Crippen molar-refractivity contribution in [3.8, 4) is 0 Å². The van der Waals surface area contributed by atoms with Gasteiger partial charge in [0.05, 0.1) is 5.52 Å². The number of hydrogen-bond donors (Lipinski definition) is 1. The van der Waals surface area contributed by atoms with Gasteiger partial charge < -0.3 is 4.42 Å². The summed E-state index contributed by atoms with van der Waals surface area (Å²) in [6.07, 6.45) is 0. The third-order valence-electron chi connectivity index (χ3n) is 1.92. The average molecular weight is 236 g/mol. The van der Waals surface area contributed by atoms with E-state index in [1.165, 1.54) is 0 Å². The largest absolute Gasteiger partial charge is 0.417 e. The monoisotopic (exact) mass is 236 g/mol. The Morgan fingerprint density at radius 3 is 3.25 bits per heavy atom. The predicted molar refractivity (Wildman–Crippen MR) is 61.6 cm³/mol. The molecule has 0 spiro atoms. The highest BCUT2D eigenvalue weighted by Gasteiger charge is 2.01. The van der Waals surface area contributed by atoms with Crippen molar-refractivity contribution in [1.29, 1.82) is 0 Å². The van der Waals surface area contributed by atoms with Gasteiger partial charge in [0, 0.05) is 22.1 Å². The smallest absolute Gasteiger partial charge is 0.408 e. The van der Waals surface area contributed by atoms with Gasteiger partial charge in [-0.2, -0.15) is 0 Å². The number of benzene rings is 1. The van der Waals surface area contributed by atoms with E-state index in [1.807, 2.05) is 6.07 Å². The molecule has 2 rings (SSSR count). The molecule has 0 saturated heterocycles. The van der Waals surface area contributed by atoms with Crippen LogP contribution in [-0.2, 0) is 0 Å². The summed E-state index contributed by atoms with van der Waals surface area (Å²) in [5, 5.41) is 3.43. The van der Waals surface area contributed by atoms with E-state index in [1.54, 1.807) is 23.9 Å². The molecule has 1 aromatic carbocycles. The van der Waals surface area contributed by atoms with Crippen molar-refractivity contribution in [3.63, 3.8) is 0 Å². The third-order valence-corrected chi connectivity index (χ3v) is 2.89. The van der Waals surface area contributed by atoms with E-state index in [9.17, 15) is 4.79 Å². The number of rotatable bonds is 4. The molecule has 1 aromatic heterocycles. The van der Waals surface area contributed by atoms with Gasteiger partial charge in [-0.25, -0.2) is 4.79 Å². The number of azide groups is 1. The van der Waals surface area contributed by atoms with Gasteiger partial charge in [0.25, 0.3) is 0 Å². The molecule has 0 fully saturated rings. The van der Waals surface area contributed by atoms with Crippen LogP contribution in [-0.4, -0.2) is 17.3 Å². The van der Waals surface area contributed by atoms with Crippen LogP contribution in [0.5, 0.6) is 0 Å². The first-order chi connectivity index (χ1) is 7.79. The Labute approximate surface area is 94.3 Å². The van der Waals surface area contributed by atoms with E-state index in [0.29, 0.717) is 23.4 Å². The maximum Gasteiger partial charge on any atom is 0.417 e. The molecule has 82 valence electrons. The second-order valence-electron chi connectivity index (χ2n) is 2.98. The maximum absolute atomic E-state index is 10.9. The van der Waals surface area contributed by atoms with Crippen molar-refractivity contribution in [2.24, 2.45) is 5.11 Å². The van der Waals surface area contributed by atoms with E-state index >= 15 is 0 Å². The number of aromatic amines is 1. The van der Waals surface area contributed by atoms with Crippen molar-refractivity contribution in [3.05, 3.63) is 39.2 Å². The number of oxazole rings is 1. The molecular formula is C9H8N4O2S. The highest BCUT2D eigenvalue weighted by atomic mass is 32.2. The summed E-state index contributed by atoms with van der Waals surface area (Å²) < 4.78 is 4.93. The van der Waals surface area contributed by atoms with Crippen LogP contribution in [0.25, 0.3) is 21.5 Å². The normalized spacial score (nSPS) is 10.2. The molecule has 0 aliphatic rings. The zero-order valence-corrected chi connectivity index (χ0v) is 9.03. The van der Waals surface area contributed by atoms with Crippen LogP contribution in [0.1, 0.15) is 0 Å². The van der Waals surface area contributed by atoms with Gasteiger partial charge in [-0.1, -0.05) is 5.11 Å². The molecule has 1 heterocycles. The number of thioether (sulfide) groups is 1. The number of aromatic nitrogens is 1. The molecule has 2 aromatic rings. The lowest BCUT2D eigenvalue weighted by Crippen LogP contribution is -1.92. The first kappa shape index (κ1) is 10.7. The summed E-state index contributed by atoms with van der Waals surface area (Å²) in [5.74, 6) is 0.246. The minimum Gasteiger partial charge on any atom is -0.408 e. The molecule has 16 heavy (non-hydrogen) atoms. The van der Waals surface area contributed by atoms with Crippen molar-refractivity contribution >= 4 is 22.9 Å². The average Bonchev–Trinajstić information content (AvgIpc) is 2.64. The van der Waals surface area contributed by atoms with Crippen molar-refractivity contribution < 1.29 is 4.42 Å². The number of fused-ring (bicyclic) bond motifs is 1. The number of hydrogen-bond acceptors (Lipinski definition) is 4. The first-order valence-electron chi connectivity index (χ1n) is 4.56. The number of nitrogens with one attached hydrogen (secondary N) is 1. The van der Waals surface area contributed by atoms with Gasteiger partial charge in [0.15, 0.2) is 5.58 Å². The SMILES string of the molecule is [N-]=[N+]=NCCSc1ccc2[nH]c(=O)oc2c1. The Balaban J connectivity index is 2.12. The van der Waals surface area contributed by atoms with Gasteiger partial charge in [-0.15, -0.1) is 11.8 Å². The van der Waals surface area contributed by atoms with Crippen molar-refractivity contribution in [2.45, 2.75) is 4.90 Å². The van der Waals surface area contributed by atoms with Crippen LogP contribution in [0.2, 0.25) is 0 Å². The van der Waals surface area contributed by atoms with Crippen LogP contribution >= 0.6 is 11.8 Å². The molecule has 0 bridgehead atoms. The van der Waals surface area contributed by atoms with Crippen LogP contribution < -0.4 is 5.76 Å². The summed E-state index contributed by atoms with van der Waals surface area (Å²) in [5.41, 5.74) is 9.33. The van der Waals surface area contributed by atoms with Gasteiger partial charge in [0.1, 0.15) is 0 Å². The number of nitrogens with zero attached hydrogens (tertiary/aromatic N) is 3. The Morgan fingerprint density at radius 1 is 1.56 bits per heavy atom. The lowest BCUT2D eigenvalue weighted by atomic mass is 10.3. The summed E-state index contributed by atoms with van der Waals surface area (Å²) >= 11 is 1.54. The molecular weight excluding hydrogens is 228 g/mol. The zero-order chi connectivity index (χ0) is 11.4. The van der Waals surface area contributed by atoms with Crippen LogP contribution in [0.15, 0.2) is 37.4 Å². The highest BCUT2D eigenvalue weighted by Crippen LogP contribution is 2.21. The quantitative estimate of drug-likeness (QED) is 0.290. The number of H-pyrrole nitrogens is 1. The van der Waals surface area contributed by atoms with Gasteiger partial charge in [-0.3, -0.25) is 4.98 Å². The fourth-order valence-electron chi connectivity index (χ4n) is 1.26. The maximum atomic E-state index is 10.9. The molecule has 1 N–H and O–H groups in total. The Hall–Kier alpha value is -1.85. The zero-order valence-electron chi connectivity index (χ0n) is 8.21. The molecule has 0 saturated carbocycles. The Morgan fingerprint density at radius 2 is 2.44 bits per heavy atom. The summed E-state index contributed by atoms with van der Waals surface area (Å²) in [4.78, 5) is 17.1. The van der Waals surface area contributed by atoms with Gasteiger partial charge >= 0.3 is 5.76 Å². The third kappa shape index (κ3) is 2.39. The van der Waals surface area contributed by atoms with Crippen LogP contribution in [0.4, 0.5) is 0 Å². The van der Waals surface area contributed by atoms with Crippen molar-refractivity contribution in [2.75, 3.05) is 12.3 Å². The fraction of sp³-hybridized carbons (Fsp3) is 0.222. The molecule has 0 amide bonds. The highest BCUT2D eigenvalue weighted by molar-refractivity contribution is 7.99. The topological polar surface area (TPSA) is 94.8 Å². The van der Waals surface area contributed by atoms with Gasteiger partial charge in [-0.05, 0) is 23.7 Å². The first-order valence-corrected chi connectivity index (χ1v) is 5.55. The van der Waals surface area contributed by atoms with Crippen molar-refractivity contribution in [1.82, 2.24) is 4.98 Å². The van der Waals surface area contributed by atoms with E-state index in [-0.39, 0.29) is 0 Å². The Kier molecular flexibility index (Phi) is 3.19. The summed E-state index contributed by atoms with van der Waals surface area (Å²) in [6.45, 7) is 0.441. The molecule has 6 nitrogen and oxygen atoms in total. The Bertz CT molecular complexity index is 597. The van der Waals surface area contributed by atoms with E-state index < -0.39 is 5.76 Å². The van der Waals surface area contributed by atoms with Crippen LogP contribution in [0.3, 0.4) is 0 Å². The minimum absolute atomic E-state index is 0.441. The molecule has 0 aliphatic heterocycles. The second-order valence-corrected chi connectivity index (χ2v) is 4.14. The van der Waals surface area contributed by atoms with Gasteiger partial charge in [0.2, 0.25) is 0 Å². The summed E-state index contributed by atoms with van der Waals surface area (Å²) in [6, 6.07) is 5.46. The van der Waals surface area contributed by atoms with E-state index in [0.717, 1.165) is 4.90 Å². The second kappa shape index (κ2) is 4.78. The molecule has 7 heteroatoms. The predicted octanol–water partition coefficient (Wildman–Crippen LogP) is 2.52. The lowest BCUT2D eigenvalue weighted by Gasteiger charge is -1.97. The molecule has 0 atom stereocenters.